The van der Waals surface area contributed by atoms with Crippen LogP contribution >= 0.6 is 0 Å². The molecule has 2 saturated heterocycles. The molecule has 23 heavy (non-hydrogen) atoms. The lowest BCUT2D eigenvalue weighted by Crippen LogP contribution is -2.41. The van der Waals surface area contributed by atoms with Crippen LogP contribution in [0.25, 0.3) is 0 Å². The number of carbonyl (C=O) groups excluding carboxylic acids is 1. The summed E-state index contributed by atoms with van der Waals surface area (Å²) < 4.78 is 5.55. The van der Waals surface area contributed by atoms with Gasteiger partial charge in [-0.3, -0.25) is 9.69 Å². The Hall–Kier alpha value is -1.70. The van der Waals surface area contributed by atoms with Gasteiger partial charge in [-0.05, 0) is 18.8 Å². The molecule has 2 unspecified atom stereocenters. The minimum atomic E-state index is -0.723. The molecule has 130 valence electrons. The first-order chi connectivity index (χ1) is 10.7. The van der Waals surface area contributed by atoms with Gasteiger partial charge in [-0.15, -0.1) is 0 Å². The van der Waals surface area contributed by atoms with Crippen LogP contribution in [-0.4, -0.2) is 59.0 Å². The van der Waals surface area contributed by atoms with Crippen molar-refractivity contribution < 1.29 is 14.6 Å². The number of amides is 1. The van der Waals surface area contributed by atoms with E-state index < -0.39 is 5.03 Å². The molecule has 2 fully saturated rings. The number of ether oxygens (including phenoxy) is 1. The Labute approximate surface area is 136 Å². The van der Waals surface area contributed by atoms with Gasteiger partial charge in [-0.2, -0.15) is 0 Å². The fourth-order valence-corrected chi connectivity index (χ4v) is 3.08. The van der Waals surface area contributed by atoms with E-state index in [2.05, 4.69) is 5.10 Å². The van der Waals surface area contributed by atoms with E-state index in [1.165, 1.54) is 4.90 Å². The monoisotopic (exact) mass is 326 g/mol. The van der Waals surface area contributed by atoms with E-state index >= 15 is 0 Å². The predicted octanol–water partition coefficient (Wildman–Crippen LogP) is 1.54. The SMILES string of the molecule is CC1CC(CN2CCN(C(=O)CC(C)(C)C)C2=N[N+](=O)[O-])CO1. The maximum absolute atomic E-state index is 12.5. The van der Waals surface area contributed by atoms with Gasteiger partial charge in [-0.25, -0.2) is 10.1 Å². The number of hydrazone groups is 1. The molecule has 8 heteroatoms. The molecule has 8 nitrogen and oxygen atoms in total. The Bertz CT molecular complexity index is 500. The lowest BCUT2D eigenvalue weighted by Gasteiger charge is -2.24. The zero-order valence-electron chi connectivity index (χ0n) is 14.3. The van der Waals surface area contributed by atoms with E-state index in [0.717, 1.165) is 6.42 Å². The summed E-state index contributed by atoms with van der Waals surface area (Å²) in [5.41, 5.74) is -0.168. The van der Waals surface area contributed by atoms with Gasteiger partial charge in [0.15, 0.2) is 5.03 Å². The van der Waals surface area contributed by atoms with Crippen LogP contribution < -0.4 is 0 Å². The number of rotatable bonds is 4. The third-order valence-corrected chi connectivity index (χ3v) is 4.03. The average molecular weight is 326 g/mol. The van der Waals surface area contributed by atoms with E-state index in [1.54, 1.807) is 0 Å². The first-order valence-corrected chi connectivity index (χ1v) is 8.05. The molecule has 0 spiro atoms. The highest BCUT2D eigenvalue weighted by molar-refractivity contribution is 5.98. The molecule has 2 heterocycles. The van der Waals surface area contributed by atoms with Crippen LogP contribution in [0.5, 0.6) is 0 Å². The third-order valence-electron chi connectivity index (χ3n) is 4.03. The molecule has 2 rings (SSSR count). The minimum absolute atomic E-state index is 0.114. The number of hydrogen-bond acceptors (Lipinski definition) is 4. The molecule has 1 amide bonds. The fourth-order valence-electron chi connectivity index (χ4n) is 3.08. The van der Waals surface area contributed by atoms with E-state index in [1.807, 2.05) is 32.6 Å². The summed E-state index contributed by atoms with van der Waals surface area (Å²) in [6, 6.07) is 0. The van der Waals surface area contributed by atoms with Crippen molar-refractivity contribution in [1.29, 1.82) is 0 Å². The third kappa shape index (κ3) is 4.89. The topological polar surface area (TPSA) is 88.3 Å². The standard InChI is InChI=1S/C15H26N4O4/c1-11-7-12(10-23-11)9-17-5-6-18(14(17)16-19(21)22)13(20)8-15(2,3)4/h11-12H,5-10H2,1-4H3. The van der Waals surface area contributed by atoms with Gasteiger partial charge in [-0.1, -0.05) is 20.8 Å². The van der Waals surface area contributed by atoms with Gasteiger partial charge in [0.1, 0.15) is 5.10 Å². The molecule has 0 bridgehead atoms. The fraction of sp³-hybridized carbons (Fsp3) is 0.867. The van der Waals surface area contributed by atoms with E-state index in [0.29, 0.717) is 38.6 Å². The molecule has 0 aromatic carbocycles. The molecule has 0 saturated carbocycles. The van der Waals surface area contributed by atoms with Crippen LogP contribution in [-0.2, 0) is 9.53 Å². The first kappa shape index (κ1) is 17.7. The maximum atomic E-state index is 12.5. The summed E-state index contributed by atoms with van der Waals surface area (Å²) in [7, 11) is 0. The smallest absolute Gasteiger partial charge is 0.280 e. The molecule has 0 aliphatic carbocycles. The Morgan fingerprint density at radius 2 is 2.13 bits per heavy atom. The Balaban J connectivity index is 2.09. The zero-order chi connectivity index (χ0) is 17.2. The highest BCUT2D eigenvalue weighted by Crippen LogP contribution is 2.24. The van der Waals surface area contributed by atoms with Gasteiger partial charge in [0, 0.05) is 32.0 Å². The summed E-state index contributed by atoms with van der Waals surface area (Å²) in [4.78, 5) is 26.6. The molecule has 2 atom stereocenters. The van der Waals surface area contributed by atoms with Crippen molar-refractivity contribution in [2.75, 3.05) is 26.2 Å². The molecule has 0 aromatic heterocycles. The van der Waals surface area contributed by atoms with E-state index in [4.69, 9.17) is 4.74 Å². The van der Waals surface area contributed by atoms with Crippen molar-refractivity contribution in [3.05, 3.63) is 10.1 Å². The lowest BCUT2D eigenvalue weighted by molar-refractivity contribution is -0.486. The number of nitrogens with zero attached hydrogens (tertiary/aromatic N) is 4. The second-order valence-electron chi connectivity index (χ2n) is 7.61. The van der Waals surface area contributed by atoms with Crippen LogP contribution in [0.3, 0.4) is 0 Å². The van der Waals surface area contributed by atoms with Crippen molar-refractivity contribution in [3.8, 4) is 0 Å². The summed E-state index contributed by atoms with van der Waals surface area (Å²) in [5, 5.41) is 13.6. The Morgan fingerprint density at radius 3 is 2.65 bits per heavy atom. The summed E-state index contributed by atoms with van der Waals surface area (Å²) in [6.07, 6.45) is 1.48. The van der Waals surface area contributed by atoms with Crippen LogP contribution in [0.1, 0.15) is 40.5 Å². The molecule has 0 N–H and O–H groups in total. The van der Waals surface area contributed by atoms with Crippen molar-refractivity contribution in [1.82, 2.24) is 9.80 Å². The number of carbonyl (C=O) groups is 1. The summed E-state index contributed by atoms with van der Waals surface area (Å²) in [6.45, 7) is 10.3. The van der Waals surface area contributed by atoms with Crippen LogP contribution in [0, 0.1) is 21.4 Å². The lowest BCUT2D eigenvalue weighted by atomic mass is 9.92. The number of guanidine groups is 1. The normalized spacial score (nSPS) is 27.0. The van der Waals surface area contributed by atoms with Crippen molar-refractivity contribution in [2.45, 2.75) is 46.6 Å². The number of nitro groups is 1. The molecular weight excluding hydrogens is 300 g/mol. The summed E-state index contributed by atoms with van der Waals surface area (Å²) >= 11 is 0. The summed E-state index contributed by atoms with van der Waals surface area (Å²) in [5.74, 6) is 0.375. The highest BCUT2D eigenvalue weighted by atomic mass is 16.7. The minimum Gasteiger partial charge on any atom is -0.378 e. The quantitative estimate of drug-likeness (QED) is 0.577. The van der Waals surface area contributed by atoms with Gasteiger partial charge >= 0.3 is 0 Å². The Morgan fingerprint density at radius 1 is 1.43 bits per heavy atom. The molecular formula is C15H26N4O4. The first-order valence-electron chi connectivity index (χ1n) is 8.05. The van der Waals surface area contributed by atoms with Crippen LogP contribution in [0.2, 0.25) is 0 Å². The predicted molar refractivity (Wildman–Crippen MR) is 85.3 cm³/mol. The van der Waals surface area contributed by atoms with Gasteiger partial charge in [0.05, 0.1) is 12.7 Å². The largest absolute Gasteiger partial charge is 0.378 e. The van der Waals surface area contributed by atoms with Crippen LogP contribution in [0.4, 0.5) is 0 Å². The second-order valence-corrected chi connectivity index (χ2v) is 7.61. The van der Waals surface area contributed by atoms with Gasteiger partial charge in [0.25, 0.3) is 5.96 Å². The van der Waals surface area contributed by atoms with Crippen molar-refractivity contribution in [2.24, 2.45) is 16.4 Å². The molecule has 0 radical (unpaired) electrons. The van der Waals surface area contributed by atoms with Gasteiger partial charge in [0.2, 0.25) is 5.91 Å². The molecule has 2 aliphatic rings. The van der Waals surface area contributed by atoms with Crippen molar-refractivity contribution in [3.63, 3.8) is 0 Å². The highest BCUT2D eigenvalue weighted by Gasteiger charge is 2.37. The van der Waals surface area contributed by atoms with Crippen molar-refractivity contribution >= 4 is 11.9 Å². The van der Waals surface area contributed by atoms with E-state index in [-0.39, 0.29) is 23.4 Å². The van der Waals surface area contributed by atoms with Gasteiger partial charge < -0.3 is 9.64 Å². The Kier molecular flexibility index (Phi) is 5.23. The van der Waals surface area contributed by atoms with E-state index in [9.17, 15) is 14.9 Å². The van der Waals surface area contributed by atoms with Crippen LogP contribution in [0.15, 0.2) is 5.10 Å². The molecule has 0 aromatic rings. The number of hydrogen-bond donors (Lipinski definition) is 0. The second kappa shape index (κ2) is 6.82. The maximum Gasteiger partial charge on any atom is 0.280 e. The average Bonchev–Trinajstić information content (AvgIpc) is 2.95. The zero-order valence-corrected chi connectivity index (χ0v) is 14.3. The molecule has 2 aliphatic heterocycles.